The van der Waals surface area contributed by atoms with Crippen LogP contribution in [-0.4, -0.2) is 0 Å². The summed E-state index contributed by atoms with van der Waals surface area (Å²) in [7, 11) is 0. The van der Waals surface area contributed by atoms with E-state index in [2.05, 4.69) is 50.3 Å². The quantitative estimate of drug-likeness (QED) is 0.113. The standard InChI is InChI=1S/2C20H18F3.C2H4.2ClH.Ti/c2*1-2-3-5-14-12-16-6-4-7-18(19(16)13-14)15-8-10-17(11-9-15)20(21,22)23;1-2;;;/h2*4,6-13H,2-3,5H2,1H3;1-2H2;2*1H;/q;;;;;+2/p-2. The minimum Gasteiger partial charge on any atom is -1.00 e. The van der Waals surface area contributed by atoms with Gasteiger partial charge < -0.3 is 24.8 Å². The maximum atomic E-state index is 13.4. The molecule has 268 valence electrons. The molecule has 0 bridgehead atoms. The molecule has 51 heavy (non-hydrogen) atoms. The molecule has 0 nitrogen and oxygen atoms in total. The van der Waals surface area contributed by atoms with Gasteiger partial charge in [-0.25, -0.2) is 0 Å². The van der Waals surface area contributed by atoms with Gasteiger partial charge in [-0.15, -0.1) is 0 Å². The van der Waals surface area contributed by atoms with E-state index in [1.807, 2.05) is 12.1 Å². The molecule has 4 aromatic carbocycles. The number of unbranched alkanes of at least 4 members (excludes halogenated alkanes) is 2. The zero-order chi connectivity index (χ0) is 34.6. The van der Waals surface area contributed by atoms with Gasteiger partial charge in [-0.2, -0.15) is 0 Å². The Hall–Kier alpha value is -2.77. The summed E-state index contributed by atoms with van der Waals surface area (Å²) in [6, 6.07) is 23.9. The molecule has 3 aliphatic rings. The predicted octanol–water partition coefficient (Wildman–Crippen LogP) is 8.03. The molecule has 0 aromatic heterocycles. The van der Waals surface area contributed by atoms with Crippen LogP contribution >= 0.6 is 0 Å². The van der Waals surface area contributed by atoms with Gasteiger partial charge in [-0.1, -0.05) is 0 Å². The van der Waals surface area contributed by atoms with Crippen molar-refractivity contribution in [2.24, 2.45) is 0 Å². The van der Waals surface area contributed by atoms with Crippen LogP contribution in [0.5, 0.6) is 0 Å². The van der Waals surface area contributed by atoms with Crippen molar-refractivity contribution >= 4 is 12.2 Å². The first kappa shape index (κ1) is 39.4. The minimum atomic E-state index is -4.38. The molecule has 1 saturated heterocycles. The zero-order valence-electron chi connectivity index (χ0n) is 28.6. The molecule has 1 aliphatic heterocycles. The second kappa shape index (κ2) is 15.3. The van der Waals surface area contributed by atoms with Crippen LogP contribution in [-0.2, 0) is 28.9 Å². The molecular weight excluding hydrogens is 737 g/mol. The van der Waals surface area contributed by atoms with E-state index in [4.69, 9.17) is 0 Å². The second-order valence-electron chi connectivity index (χ2n) is 14.0. The smallest absolute Gasteiger partial charge is 1.00 e. The van der Waals surface area contributed by atoms with Crippen molar-refractivity contribution in [3.05, 3.63) is 129 Å². The molecule has 0 spiro atoms. The van der Waals surface area contributed by atoms with Crippen molar-refractivity contribution < 1.29 is 67.7 Å². The van der Waals surface area contributed by atoms with Gasteiger partial charge in [-0.05, 0) is 0 Å². The van der Waals surface area contributed by atoms with E-state index in [9.17, 15) is 26.3 Å². The molecule has 0 saturated carbocycles. The first-order chi connectivity index (χ1) is 23.5. The molecule has 0 amide bonds. The second-order valence-corrected chi connectivity index (χ2v) is 21.2. The van der Waals surface area contributed by atoms with Gasteiger partial charge in [0.25, 0.3) is 0 Å². The number of hydrogen-bond acceptors (Lipinski definition) is 0. The van der Waals surface area contributed by atoms with Crippen molar-refractivity contribution in [1.82, 2.24) is 0 Å². The molecule has 2 unspecified atom stereocenters. The zero-order valence-corrected chi connectivity index (χ0v) is 31.6. The van der Waals surface area contributed by atoms with Crippen LogP contribution < -0.4 is 24.8 Å². The third-order valence-electron chi connectivity index (χ3n) is 11.0. The van der Waals surface area contributed by atoms with Gasteiger partial charge in [-0.3, -0.25) is 0 Å². The van der Waals surface area contributed by atoms with Crippen LogP contribution in [0.15, 0.2) is 96.1 Å². The van der Waals surface area contributed by atoms with E-state index < -0.39 is 40.1 Å². The van der Waals surface area contributed by atoms with Crippen LogP contribution in [0.4, 0.5) is 26.3 Å². The Morgan fingerprint density at radius 2 is 0.922 bits per heavy atom. The summed E-state index contributed by atoms with van der Waals surface area (Å²) in [4.78, 5) is 0. The van der Waals surface area contributed by atoms with E-state index in [0.717, 1.165) is 71.9 Å². The molecule has 9 heteroatoms. The number of benzene rings is 4. The molecular formula is C42H40Cl2F6Ti. The van der Waals surface area contributed by atoms with E-state index in [0.29, 0.717) is 8.45 Å². The van der Waals surface area contributed by atoms with E-state index in [1.165, 1.54) is 56.0 Å². The van der Waals surface area contributed by atoms with Gasteiger partial charge in [0.2, 0.25) is 0 Å². The summed E-state index contributed by atoms with van der Waals surface area (Å²) in [5.41, 5.74) is 10.2. The first-order valence-electron chi connectivity index (χ1n) is 17.5. The van der Waals surface area contributed by atoms with Crippen molar-refractivity contribution in [3.63, 3.8) is 0 Å². The Bertz CT molecular complexity index is 1780. The van der Waals surface area contributed by atoms with Gasteiger partial charge in [0.1, 0.15) is 0 Å². The average molecular weight is 778 g/mol. The Kier molecular flexibility index (Phi) is 11.8. The first-order valence-corrected chi connectivity index (χ1v) is 21.5. The summed E-state index contributed by atoms with van der Waals surface area (Å²) in [6.07, 6.45) is 2.33. The fraction of sp³-hybridized carbons (Fsp3) is 0.333. The third-order valence-corrected chi connectivity index (χ3v) is 19.3. The molecule has 0 N–H and O–H groups in total. The molecule has 2 atom stereocenters. The topological polar surface area (TPSA) is 0 Å². The monoisotopic (exact) mass is 776 g/mol. The summed E-state index contributed by atoms with van der Waals surface area (Å²) < 4.78 is 83.6. The summed E-state index contributed by atoms with van der Waals surface area (Å²) in [5.74, 6) is 0. The number of rotatable bonds is 10. The molecule has 7 rings (SSSR count). The van der Waals surface area contributed by atoms with E-state index >= 15 is 0 Å². The average Bonchev–Trinajstić information content (AvgIpc) is 3.62. The SMILES string of the molecule is CCCCC1=Cc2c(-c3ccc(C(F)(F)F)cc3)cccc2[CH]1[Ti+2]1([CH]2C(CCCC)=Cc3c(-c4ccc(C(F)(F)F)cc4)cccc32)[CH2][CH2]1.[Cl-].[Cl-]. The molecule has 4 aromatic rings. The van der Waals surface area contributed by atoms with Crippen molar-refractivity contribution in [1.29, 1.82) is 0 Å². The summed E-state index contributed by atoms with van der Waals surface area (Å²) in [5, 5.41) is 0. The normalized spacial score (nSPS) is 18.0. The fourth-order valence-corrected chi connectivity index (χ4v) is 18.9. The van der Waals surface area contributed by atoms with Crippen molar-refractivity contribution in [2.75, 3.05) is 0 Å². The Morgan fingerprint density at radius 1 is 0.549 bits per heavy atom. The summed E-state index contributed by atoms with van der Waals surface area (Å²) in [6.45, 7) is 4.42. The van der Waals surface area contributed by atoms with Gasteiger partial charge in [0.05, 0.1) is 0 Å². The minimum absolute atomic E-state index is 0. The van der Waals surface area contributed by atoms with Crippen LogP contribution in [0.3, 0.4) is 0 Å². The fourth-order valence-electron chi connectivity index (χ4n) is 8.55. The van der Waals surface area contributed by atoms with Crippen LogP contribution in [0.1, 0.15) is 94.2 Å². The molecule has 2 aliphatic carbocycles. The maximum absolute atomic E-state index is 13.4. The largest absolute Gasteiger partial charge is 1.00 e. The number of alkyl halides is 6. The van der Waals surface area contributed by atoms with E-state index in [1.54, 1.807) is 24.3 Å². The number of halogens is 8. The predicted molar refractivity (Wildman–Crippen MR) is 184 cm³/mol. The van der Waals surface area contributed by atoms with Crippen LogP contribution in [0.25, 0.3) is 34.4 Å². The molecule has 1 heterocycles. The number of allylic oxidation sites excluding steroid dienone is 2. The Morgan fingerprint density at radius 3 is 1.24 bits per heavy atom. The van der Waals surface area contributed by atoms with Gasteiger partial charge in [0.15, 0.2) is 0 Å². The van der Waals surface area contributed by atoms with E-state index in [-0.39, 0.29) is 24.8 Å². The maximum Gasteiger partial charge on any atom is -1.00 e. The Labute approximate surface area is 312 Å². The van der Waals surface area contributed by atoms with Crippen LogP contribution in [0, 0.1) is 0 Å². The van der Waals surface area contributed by atoms with Crippen molar-refractivity contribution in [2.45, 2.75) is 82.6 Å². The number of fused-ring (bicyclic) bond motifs is 2. The number of hydrogen-bond donors (Lipinski definition) is 0. The van der Waals surface area contributed by atoms with Gasteiger partial charge in [0, 0.05) is 0 Å². The van der Waals surface area contributed by atoms with Gasteiger partial charge >= 0.3 is 289 Å². The van der Waals surface area contributed by atoms with Crippen LogP contribution in [0.2, 0.25) is 9.45 Å². The third kappa shape index (κ3) is 7.41. The molecule has 1 fully saturated rings. The van der Waals surface area contributed by atoms with Crippen molar-refractivity contribution in [3.8, 4) is 22.3 Å². The Balaban J connectivity index is 0.00000252. The summed E-state index contributed by atoms with van der Waals surface area (Å²) >= 11 is -2.77. The molecule has 0 radical (unpaired) electrons.